The van der Waals surface area contributed by atoms with Crippen LogP contribution in [0.2, 0.25) is 0 Å². The summed E-state index contributed by atoms with van der Waals surface area (Å²) in [6.07, 6.45) is 0. The van der Waals surface area contributed by atoms with Gasteiger partial charge in [0, 0.05) is 0 Å². The maximum Gasteiger partial charge on any atom is 0.314 e. The van der Waals surface area contributed by atoms with E-state index in [-0.39, 0.29) is 11.4 Å². The van der Waals surface area contributed by atoms with Crippen LogP contribution in [-0.2, 0) is 0 Å². The predicted octanol–water partition coefficient (Wildman–Crippen LogP) is 2.64. The number of nitrogens with zero attached hydrogens (tertiary/aromatic N) is 1. The van der Waals surface area contributed by atoms with Crippen LogP contribution in [0.15, 0.2) is 18.2 Å². The van der Waals surface area contributed by atoms with Crippen LogP contribution in [0, 0.1) is 16.0 Å². The van der Waals surface area contributed by atoms with E-state index in [9.17, 15) is 10.1 Å². The van der Waals surface area contributed by atoms with Gasteiger partial charge in [0.25, 0.3) is 0 Å². The molecule has 0 unspecified atom stereocenters. The molecule has 1 aromatic carbocycles. The van der Waals surface area contributed by atoms with E-state index in [0.717, 1.165) is 0 Å². The van der Waals surface area contributed by atoms with E-state index >= 15 is 0 Å². The van der Waals surface area contributed by atoms with E-state index < -0.39 is 4.92 Å². The van der Waals surface area contributed by atoms with Crippen LogP contribution in [-0.4, -0.2) is 18.6 Å². The van der Waals surface area contributed by atoms with Crippen molar-refractivity contribution in [1.82, 2.24) is 0 Å². The molecule has 0 spiro atoms. The van der Waals surface area contributed by atoms with Gasteiger partial charge in [0.2, 0.25) is 0 Å². The van der Waals surface area contributed by atoms with Crippen molar-refractivity contribution in [2.24, 2.45) is 5.92 Å². The molecular weight excluding hydrogens is 210 g/mol. The van der Waals surface area contributed by atoms with Crippen LogP contribution in [0.1, 0.15) is 13.8 Å². The molecule has 0 atom stereocenters. The van der Waals surface area contributed by atoms with Gasteiger partial charge in [0.05, 0.1) is 24.7 Å². The molecule has 0 amide bonds. The summed E-state index contributed by atoms with van der Waals surface area (Å²) in [7, 11) is 1.40. The number of rotatable bonds is 5. The predicted molar refractivity (Wildman–Crippen MR) is 60.0 cm³/mol. The molecule has 0 N–H and O–H groups in total. The van der Waals surface area contributed by atoms with Crippen LogP contribution in [0.5, 0.6) is 11.5 Å². The largest absolute Gasteiger partial charge is 0.493 e. The second kappa shape index (κ2) is 5.34. The molecule has 0 bridgehead atoms. The quantitative estimate of drug-likeness (QED) is 0.571. The highest BCUT2D eigenvalue weighted by Crippen LogP contribution is 2.30. The first-order valence-corrected chi connectivity index (χ1v) is 4.99. The maximum absolute atomic E-state index is 10.7. The van der Waals surface area contributed by atoms with E-state index in [1.807, 2.05) is 13.8 Å². The van der Waals surface area contributed by atoms with Crippen LogP contribution >= 0.6 is 0 Å². The molecule has 16 heavy (non-hydrogen) atoms. The first-order valence-electron chi connectivity index (χ1n) is 4.99. The minimum absolute atomic E-state index is 0.0799. The van der Waals surface area contributed by atoms with E-state index in [1.54, 1.807) is 6.07 Å². The molecule has 0 aliphatic rings. The highest BCUT2D eigenvalue weighted by atomic mass is 16.6. The minimum Gasteiger partial charge on any atom is -0.493 e. The standard InChI is InChI=1S/C11H15NO4/c1-8(2)7-16-9-4-5-11(15-3)10(6-9)12(13)14/h4-6,8H,7H2,1-3H3. The minimum atomic E-state index is -0.485. The molecule has 0 saturated carbocycles. The number of hydrogen-bond acceptors (Lipinski definition) is 4. The van der Waals surface area contributed by atoms with E-state index in [1.165, 1.54) is 19.2 Å². The zero-order valence-corrected chi connectivity index (χ0v) is 9.60. The second-order valence-electron chi connectivity index (χ2n) is 3.80. The fraction of sp³-hybridized carbons (Fsp3) is 0.455. The van der Waals surface area contributed by atoms with Crippen molar-refractivity contribution < 1.29 is 14.4 Å². The summed E-state index contributed by atoms with van der Waals surface area (Å²) in [5, 5.41) is 10.7. The van der Waals surface area contributed by atoms with Gasteiger partial charge in [0.15, 0.2) is 5.75 Å². The third-order valence-corrected chi connectivity index (χ3v) is 1.93. The molecule has 5 heteroatoms. The maximum atomic E-state index is 10.7. The molecular formula is C11H15NO4. The van der Waals surface area contributed by atoms with E-state index in [2.05, 4.69) is 0 Å². The summed E-state index contributed by atoms with van der Waals surface area (Å²) in [5.41, 5.74) is -0.0799. The Morgan fingerprint density at radius 2 is 2.12 bits per heavy atom. The highest BCUT2D eigenvalue weighted by molar-refractivity contribution is 5.50. The Bertz CT molecular complexity index is 376. The van der Waals surface area contributed by atoms with Crippen molar-refractivity contribution >= 4 is 5.69 Å². The first-order chi connectivity index (χ1) is 7.54. The van der Waals surface area contributed by atoms with Crippen LogP contribution in [0.25, 0.3) is 0 Å². The lowest BCUT2D eigenvalue weighted by molar-refractivity contribution is -0.385. The van der Waals surface area contributed by atoms with Crippen LogP contribution in [0.4, 0.5) is 5.69 Å². The lowest BCUT2D eigenvalue weighted by Gasteiger charge is -2.09. The van der Waals surface area contributed by atoms with Crippen molar-refractivity contribution in [2.45, 2.75) is 13.8 Å². The number of methoxy groups -OCH3 is 1. The zero-order chi connectivity index (χ0) is 12.1. The fourth-order valence-corrected chi connectivity index (χ4v) is 1.17. The summed E-state index contributed by atoms with van der Waals surface area (Å²) in [6, 6.07) is 4.57. The van der Waals surface area contributed by atoms with Gasteiger partial charge in [-0.2, -0.15) is 0 Å². The number of ether oxygens (including phenoxy) is 2. The Balaban J connectivity index is 2.89. The van der Waals surface area contributed by atoms with Crippen molar-refractivity contribution in [2.75, 3.05) is 13.7 Å². The summed E-state index contributed by atoms with van der Waals surface area (Å²) in [6.45, 7) is 4.55. The normalized spacial score (nSPS) is 10.2. The van der Waals surface area contributed by atoms with Gasteiger partial charge in [-0.15, -0.1) is 0 Å². The number of nitro benzene ring substituents is 1. The summed E-state index contributed by atoms with van der Waals surface area (Å²) in [5.74, 6) is 1.10. The lowest BCUT2D eigenvalue weighted by Crippen LogP contribution is -2.05. The van der Waals surface area contributed by atoms with Gasteiger partial charge in [-0.3, -0.25) is 10.1 Å². The van der Waals surface area contributed by atoms with Gasteiger partial charge >= 0.3 is 5.69 Å². The third kappa shape index (κ3) is 3.12. The average molecular weight is 225 g/mol. The van der Waals surface area contributed by atoms with E-state index in [0.29, 0.717) is 18.3 Å². The van der Waals surface area contributed by atoms with Crippen molar-refractivity contribution in [3.05, 3.63) is 28.3 Å². The molecule has 0 heterocycles. The van der Waals surface area contributed by atoms with E-state index in [4.69, 9.17) is 9.47 Å². The SMILES string of the molecule is COc1ccc(OCC(C)C)cc1[N+](=O)[O-]. The van der Waals surface area contributed by atoms with Gasteiger partial charge in [-0.1, -0.05) is 13.8 Å². The summed E-state index contributed by atoms with van der Waals surface area (Å²) >= 11 is 0. The lowest BCUT2D eigenvalue weighted by atomic mass is 10.2. The van der Waals surface area contributed by atoms with Gasteiger partial charge in [0.1, 0.15) is 5.75 Å². The molecule has 88 valence electrons. The molecule has 5 nitrogen and oxygen atoms in total. The van der Waals surface area contributed by atoms with Gasteiger partial charge < -0.3 is 9.47 Å². The third-order valence-electron chi connectivity index (χ3n) is 1.93. The number of nitro groups is 1. The molecule has 0 aromatic heterocycles. The van der Waals surface area contributed by atoms with Gasteiger partial charge in [-0.25, -0.2) is 0 Å². The number of hydrogen-bond donors (Lipinski definition) is 0. The molecule has 0 saturated heterocycles. The Hall–Kier alpha value is -1.78. The second-order valence-corrected chi connectivity index (χ2v) is 3.80. The summed E-state index contributed by atoms with van der Waals surface area (Å²) < 4.78 is 10.3. The Morgan fingerprint density at radius 1 is 1.44 bits per heavy atom. The monoisotopic (exact) mass is 225 g/mol. The zero-order valence-electron chi connectivity index (χ0n) is 9.60. The van der Waals surface area contributed by atoms with Crippen molar-refractivity contribution in [3.8, 4) is 11.5 Å². The summed E-state index contributed by atoms with van der Waals surface area (Å²) in [4.78, 5) is 10.3. The highest BCUT2D eigenvalue weighted by Gasteiger charge is 2.15. The molecule has 1 aromatic rings. The first kappa shape index (κ1) is 12.3. The Kier molecular flexibility index (Phi) is 4.10. The molecule has 0 aliphatic carbocycles. The van der Waals surface area contributed by atoms with Gasteiger partial charge in [-0.05, 0) is 18.1 Å². The van der Waals surface area contributed by atoms with Crippen molar-refractivity contribution in [3.63, 3.8) is 0 Å². The Labute approximate surface area is 94.1 Å². The molecule has 1 rings (SSSR count). The number of benzene rings is 1. The molecule has 0 aliphatic heterocycles. The Morgan fingerprint density at radius 3 is 2.62 bits per heavy atom. The molecule has 0 fully saturated rings. The molecule has 0 radical (unpaired) electrons. The smallest absolute Gasteiger partial charge is 0.314 e. The average Bonchev–Trinajstić information content (AvgIpc) is 2.25. The topological polar surface area (TPSA) is 61.6 Å². The van der Waals surface area contributed by atoms with Crippen LogP contribution < -0.4 is 9.47 Å². The van der Waals surface area contributed by atoms with Crippen molar-refractivity contribution in [1.29, 1.82) is 0 Å². The van der Waals surface area contributed by atoms with Crippen LogP contribution in [0.3, 0.4) is 0 Å². The fourth-order valence-electron chi connectivity index (χ4n) is 1.17.